The Balaban J connectivity index is 1.55. The zero-order chi connectivity index (χ0) is 16.9. The second kappa shape index (κ2) is 7.09. The van der Waals surface area contributed by atoms with Gasteiger partial charge in [-0.3, -0.25) is 15.0 Å². The summed E-state index contributed by atoms with van der Waals surface area (Å²) in [6.45, 7) is 4.01. The number of benzene rings is 1. The summed E-state index contributed by atoms with van der Waals surface area (Å²) < 4.78 is 1.21. The molecule has 0 radical (unpaired) electrons. The molecule has 2 aromatic rings. The minimum atomic E-state index is -0.794. The summed E-state index contributed by atoms with van der Waals surface area (Å²) in [6.07, 6.45) is 2.58. The molecule has 0 saturated carbocycles. The number of nitrogens with one attached hydrogen (secondary N) is 2. The van der Waals surface area contributed by atoms with Crippen LogP contribution in [0.25, 0.3) is 0 Å². The van der Waals surface area contributed by atoms with Gasteiger partial charge in [-0.05, 0) is 31.3 Å². The lowest BCUT2D eigenvalue weighted by atomic mass is 10.2. The molecule has 1 aliphatic heterocycles. The fraction of sp³-hybridized carbons (Fsp3) is 0.333. The molecule has 3 rings (SSSR count). The monoisotopic (exact) mass is 329 g/mol. The van der Waals surface area contributed by atoms with Gasteiger partial charge in [-0.2, -0.15) is 0 Å². The molecule has 2 amide bonds. The highest BCUT2D eigenvalue weighted by Gasteiger charge is 2.16. The largest absolute Gasteiger partial charge is 0.369 e. The number of carbonyl (C=O) groups excluding carboxylic acids is 2. The van der Waals surface area contributed by atoms with E-state index in [1.165, 1.54) is 17.3 Å². The van der Waals surface area contributed by atoms with E-state index in [-0.39, 0.29) is 0 Å². The number of rotatable bonds is 3. The van der Waals surface area contributed by atoms with Crippen molar-refractivity contribution in [3.05, 3.63) is 36.9 Å². The van der Waals surface area contributed by atoms with Crippen LogP contribution in [0.1, 0.15) is 0 Å². The zero-order valence-corrected chi connectivity index (χ0v) is 13.3. The van der Waals surface area contributed by atoms with E-state index in [1.807, 2.05) is 12.1 Å². The highest BCUT2D eigenvalue weighted by atomic mass is 16.2. The number of amides is 2. The molecule has 1 saturated heterocycles. The van der Waals surface area contributed by atoms with Gasteiger partial charge in [0.1, 0.15) is 12.7 Å². The van der Waals surface area contributed by atoms with Gasteiger partial charge in [0.25, 0.3) is 0 Å². The Kier molecular flexibility index (Phi) is 4.71. The number of carbonyl (C=O) groups is 2. The molecular weight excluding hydrogens is 310 g/mol. The maximum Gasteiger partial charge on any atom is 0.328 e. The van der Waals surface area contributed by atoms with E-state index < -0.39 is 11.8 Å². The van der Waals surface area contributed by atoms with Crippen LogP contribution in [-0.2, 0) is 9.59 Å². The summed E-state index contributed by atoms with van der Waals surface area (Å²) in [4.78, 5) is 28.2. The minimum absolute atomic E-state index is 0.566. The van der Waals surface area contributed by atoms with Gasteiger partial charge >= 0.3 is 11.8 Å². The quantitative estimate of drug-likeness (QED) is 0.753. The zero-order valence-electron chi connectivity index (χ0n) is 13.3. The van der Waals surface area contributed by atoms with Crippen molar-refractivity contribution in [1.29, 1.82) is 0 Å². The molecular formula is C15H19N7O2. The second-order valence-electron chi connectivity index (χ2n) is 5.60. The van der Waals surface area contributed by atoms with Crippen LogP contribution in [0.2, 0.25) is 0 Å². The van der Waals surface area contributed by atoms with E-state index in [0.717, 1.165) is 31.9 Å². The maximum atomic E-state index is 11.9. The van der Waals surface area contributed by atoms with Crippen LogP contribution in [0.15, 0.2) is 36.9 Å². The average Bonchev–Trinajstić information content (AvgIpc) is 3.09. The Hall–Kier alpha value is -2.94. The smallest absolute Gasteiger partial charge is 0.328 e. The van der Waals surface area contributed by atoms with Crippen LogP contribution in [0, 0.1) is 0 Å². The lowest BCUT2D eigenvalue weighted by Gasteiger charge is -2.34. The number of hydrogen-bond donors (Lipinski definition) is 2. The predicted molar refractivity (Wildman–Crippen MR) is 89.2 cm³/mol. The van der Waals surface area contributed by atoms with Gasteiger partial charge in [0, 0.05) is 37.6 Å². The molecule has 24 heavy (non-hydrogen) atoms. The number of anilines is 2. The van der Waals surface area contributed by atoms with Crippen LogP contribution in [0.3, 0.4) is 0 Å². The van der Waals surface area contributed by atoms with E-state index in [9.17, 15) is 9.59 Å². The molecule has 126 valence electrons. The normalized spacial score (nSPS) is 15.1. The molecule has 0 aliphatic carbocycles. The lowest BCUT2D eigenvalue weighted by molar-refractivity contribution is -0.133. The van der Waals surface area contributed by atoms with Crippen molar-refractivity contribution in [2.45, 2.75) is 0 Å². The summed E-state index contributed by atoms with van der Waals surface area (Å²) in [7, 11) is 2.11. The minimum Gasteiger partial charge on any atom is -0.369 e. The molecule has 0 bridgehead atoms. The van der Waals surface area contributed by atoms with Crippen LogP contribution < -0.4 is 15.6 Å². The van der Waals surface area contributed by atoms with Gasteiger partial charge in [0.15, 0.2) is 0 Å². The van der Waals surface area contributed by atoms with Crippen LogP contribution in [0.5, 0.6) is 0 Å². The van der Waals surface area contributed by atoms with E-state index in [1.54, 1.807) is 12.1 Å². The number of likely N-dealkylation sites (N-methyl/N-ethyl adjacent to an activating group) is 1. The van der Waals surface area contributed by atoms with Crippen LogP contribution >= 0.6 is 0 Å². The molecule has 1 fully saturated rings. The highest BCUT2D eigenvalue weighted by Crippen LogP contribution is 2.19. The lowest BCUT2D eigenvalue weighted by Crippen LogP contribution is -2.44. The molecule has 9 nitrogen and oxygen atoms in total. The molecule has 2 heterocycles. The summed E-state index contributed by atoms with van der Waals surface area (Å²) >= 11 is 0. The Morgan fingerprint density at radius 2 is 1.58 bits per heavy atom. The van der Waals surface area contributed by atoms with Crippen LogP contribution in [-0.4, -0.2) is 64.8 Å². The van der Waals surface area contributed by atoms with Gasteiger partial charge in [-0.15, -0.1) is 10.2 Å². The standard InChI is InChI=1S/C15H19N7O2/c1-20-6-8-21(9-7-20)13-4-2-12(3-5-13)18-14(23)15(24)19-22-10-16-17-11-22/h2-5,10-11H,6-9H2,1H3,(H,18,23)(H,19,24). The average molecular weight is 329 g/mol. The Labute approximate surface area is 139 Å². The maximum absolute atomic E-state index is 11.9. The second-order valence-corrected chi connectivity index (χ2v) is 5.60. The van der Waals surface area contributed by atoms with Crippen molar-refractivity contribution < 1.29 is 9.59 Å². The van der Waals surface area contributed by atoms with Crippen molar-refractivity contribution in [2.24, 2.45) is 0 Å². The summed E-state index contributed by atoms with van der Waals surface area (Å²) in [5.74, 6) is -1.55. The number of piperazine rings is 1. The van der Waals surface area contributed by atoms with Crippen LogP contribution in [0.4, 0.5) is 11.4 Å². The SMILES string of the molecule is CN1CCN(c2ccc(NC(=O)C(=O)Nn3cnnc3)cc2)CC1. The van der Waals surface area contributed by atoms with Crippen molar-refractivity contribution >= 4 is 23.2 Å². The van der Waals surface area contributed by atoms with Gasteiger partial charge < -0.3 is 15.1 Å². The molecule has 0 atom stereocenters. The van der Waals surface area contributed by atoms with E-state index in [2.05, 4.69) is 37.8 Å². The summed E-state index contributed by atoms with van der Waals surface area (Å²) in [6, 6.07) is 7.46. The molecule has 0 spiro atoms. The Morgan fingerprint density at radius 1 is 0.958 bits per heavy atom. The molecule has 0 unspecified atom stereocenters. The van der Waals surface area contributed by atoms with E-state index in [4.69, 9.17) is 0 Å². The van der Waals surface area contributed by atoms with Crippen molar-refractivity contribution in [3.63, 3.8) is 0 Å². The van der Waals surface area contributed by atoms with Gasteiger partial charge in [-0.1, -0.05) is 0 Å². The van der Waals surface area contributed by atoms with E-state index >= 15 is 0 Å². The van der Waals surface area contributed by atoms with Gasteiger partial charge in [0.2, 0.25) is 0 Å². The molecule has 1 aromatic carbocycles. The van der Waals surface area contributed by atoms with Crippen molar-refractivity contribution in [2.75, 3.05) is 48.9 Å². The first kappa shape index (κ1) is 15.9. The topological polar surface area (TPSA) is 95.4 Å². The number of aromatic nitrogens is 3. The van der Waals surface area contributed by atoms with Gasteiger partial charge in [0.05, 0.1) is 0 Å². The Bertz CT molecular complexity index is 691. The summed E-state index contributed by atoms with van der Waals surface area (Å²) in [5, 5.41) is 9.63. The third-order valence-electron chi connectivity index (χ3n) is 3.85. The third kappa shape index (κ3) is 3.87. The van der Waals surface area contributed by atoms with E-state index in [0.29, 0.717) is 5.69 Å². The first-order valence-corrected chi connectivity index (χ1v) is 7.62. The summed E-state index contributed by atoms with van der Waals surface area (Å²) in [5.41, 5.74) is 4.01. The fourth-order valence-electron chi connectivity index (χ4n) is 2.43. The van der Waals surface area contributed by atoms with Gasteiger partial charge in [-0.25, -0.2) is 4.68 Å². The number of nitrogens with zero attached hydrogens (tertiary/aromatic N) is 5. The Morgan fingerprint density at radius 3 is 2.21 bits per heavy atom. The van der Waals surface area contributed by atoms with Crippen molar-refractivity contribution in [1.82, 2.24) is 19.8 Å². The molecule has 2 N–H and O–H groups in total. The van der Waals surface area contributed by atoms with Crippen molar-refractivity contribution in [3.8, 4) is 0 Å². The molecule has 9 heteroatoms. The first-order chi connectivity index (χ1) is 11.6. The predicted octanol–water partition coefficient (Wildman–Crippen LogP) is -0.261. The first-order valence-electron chi connectivity index (χ1n) is 7.62. The fourth-order valence-corrected chi connectivity index (χ4v) is 2.43. The highest BCUT2D eigenvalue weighted by molar-refractivity contribution is 6.42. The molecule has 1 aromatic heterocycles. The molecule has 1 aliphatic rings. The third-order valence-corrected chi connectivity index (χ3v) is 3.85. The number of hydrogen-bond acceptors (Lipinski definition) is 6.